The fraction of sp³-hybridized carbons (Fsp3) is 0.538. The Kier molecular flexibility index (Phi) is 2.80. The molecule has 0 saturated heterocycles. The van der Waals surface area contributed by atoms with Crippen LogP contribution in [-0.4, -0.2) is 16.8 Å². The third-order valence-electron chi connectivity index (χ3n) is 3.88. The van der Waals surface area contributed by atoms with Gasteiger partial charge in [0.2, 0.25) is 0 Å². The highest BCUT2D eigenvalue weighted by Crippen LogP contribution is 2.46. The molecule has 0 radical (unpaired) electrons. The first-order valence-electron chi connectivity index (χ1n) is 5.83. The number of nitrogens with two attached hydrogens (primary N) is 1. The van der Waals surface area contributed by atoms with Gasteiger partial charge in [0.15, 0.2) is 11.5 Å². The summed E-state index contributed by atoms with van der Waals surface area (Å²) in [6, 6.07) is 3.75. The number of hydrogen-bond donors (Lipinski definition) is 3. The third-order valence-corrected chi connectivity index (χ3v) is 3.88. The van der Waals surface area contributed by atoms with E-state index in [4.69, 9.17) is 5.73 Å². The lowest BCUT2D eigenvalue weighted by Crippen LogP contribution is -2.32. The highest BCUT2D eigenvalue weighted by atomic mass is 16.3. The van der Waals surface area contributed by atoms with Gasteiger partial charge in [-0.3, -0.25) is 0 Å². The van der Waals surface area contributed by atoms with Gasteiger partial charge in [0.25, 0.3) is 0 Å². The monoisotopic (exact) mass is 221 g/mol. The minimum atomic E-state index is -0.130. The van der Waals surface area contributed by atoms with Crippen LogP contribution < -0.4 is 5.73 Å². The van der Waals surface area contributed by atoms with Gasteiger partial charge in [-0.2, -0.15) is 0 Å². The zero-order chi connectivity index (χ0) is 11.8. The smallest absolute Gasteiger partial charge is 0.161 e. The van der Waals surface area contributed by atoms with Crippen LogP contribution in [0.3, 0.4) is 0 Å². The summed E-state index contributed by atoms with van der Waals surface area (Å²) in [5.41, 5.74) is 7.25. The van der Waals surface area contributed by atoms with Crippen LogP contribution in [0.4, 0.5) is 0 Å². The molecule has 0 bridgehead atoms. The lowest BCUT2D eigenvalue weighted by molar-refractivity contribution is 0.370. The summed E-state index contributed by atoms with van der Waals surface area (Å²) in [4.78, 5) is 0. The third kappa shape index (κ3) is 1.55. The van der Waals surface area contributed by atoms with Crippen molar-refractivity contribution in [2.45, 2.75) is 38.0 Å². The van der Waals surface area contributed by atoms with Crippen LogP contribution >= 0.6 is 0 Å². The molecule has 0 atom stereocenters. The van der Waals surface area contributed by atoms with Gasteiger partial charge in [0, 0.05) is 17.5 Å². The number of hydrogen-bond acceptors (Lipinski definition) is 3. The molecule has 0 spiro atoms. The maximum absolute atomic E-state index is 10.0. The van der Waals surface area contributed by atoms with Crippen molar-refractivity contribution in [2.75, 3.05) is 6.54 Å². The molecule has 1 aromatic carbocycles. The first-order chi connectivity index (χ1) is 7.60. The number of phenolic OH excluding ortho intramolecular Hbond substituents is 2. The van der Waals surface area contributed by atoms with Crippen molar-refractivity contribution in [3.8, 4) is 11.5 Å². The second kappa shape index (κ2) is 3.98. The van der Waals surface area contributed by atoms with Crippen LogP contribution in [-0.2, 0) is 5.41 Å². The van der Waals surface area contributed by atoms with Crippen LogP contribution in [0.1, 0.15) is 36.8 Å². The van der Waals surface area contributed by atoms with Gasteiger partial charge in [0.05, 0.1) is 0 Å². The molecule has 3 nitrogen and oxygen atoms in total. The van der Waals surface area contributed by atoms with E-state index in [1.165, 1.54) is 0 Å². The maximum Gasteiger partial charge on any atom is 0.161 e. The maximum atomic E-state index is 10.0. The van der Waals surface area contributed by atoms with Crippen LogP contribution in [0.25, 0.3) is 0 Å². The average Bonchev–Trinajstić information content (AvgIpc) is 2.76. The van der Waals surface area contributed by atoms with E-state index in [-0.39, 0.29) is 16.9 Å². The van der Waals surface area contributed by atoms with E-state index in [1.54, 1.807) is 6.92 Å². The number of phenols is 2. The number of benzene rings is 1. The molecule has 1 aliphatic rings. The lowest BCUT2D eigenvalue weighted by Gasteiger charge is -2.29. The molecule has 1 aromatic rings. The summed E-state index contributed by atoms with van der Waals surface area (Å²) < 4.78 is 0. The van der Waals surface area contributed by atoms with Gasteiger partial charge in [0.1, 0.15) is 0 Å². The molecule has 1 aliphatic carbocycles. The minimum Gasteiger partial charge on any atom is -0.504 e. The molecule has 88 valence electrons. The Hall–Kier alpha value is -1.22. The largest absolute Gasteiger partial charge is 0.504 e. The second-order valence-electron chi connectivity index (χ2n) is 4.82. The quantitative estimate of drug-likeness (QED) is 0.670. The van der Waals surface area contributed by atoms with Crippen molar-refractivity contribution in [3.63, 3.8) is 0 Å². The van der Waals surface area contributed by atoms with Crippen molar-refractivity contribution in [1.82, 2.24) is 0 Å². The zero-order valence-electron chi connectivity index (χ0n) is 9.66. The highest BCUT2D eigenvalue weighted by molar-refractivity contribution is 5.52. The summed E-state index contributed by atoms with van der Waals surface area (Å²) in [7, 11) is 0. The predicted molar refractivity (Wildman–Crippen MR) is 63.7 cm³/mol. The van der Waals surface area contributed by atoms with Crippen molar-refractivity contribution in [1.29, 1.82) is 0 Å². The number of aryl methyl sites for hydroxylation is 1. The molecule has 0 aromatic heterocycles. The molecule has 0 aliphatic heterocycles. The van der Waals surface area contributed by atoms with Gasteiger partial charge in [-0.15, -0.1) is 0 Å². The molecule has 0 heterocycles. The molecule has 0 amide bonds. The lowest BCUT2D eigenvalue weighted by atomic mass is 9.78. The Morgan fingerprint density at radius 1 is 1.19 bits per heavy atom. The van der Waals surface area contributed by atoms with Crippen LogP contribution in [0.15, 0.2) is 12.1 Å². The Balaban J connectivity index is 2.51. The van der Waals surface area contributed by atoms with Gasteiger partial charge in [-0.25, -0.2) is 0 Å². The van der Waals surface area contributed by atoms with Crippen LogP contribution in [0, 0.1) is 6.92 Å². The normalized spacial score (nSPS) is 18.9. The Labute approximate surface area is 95.9 Å². The molecule has 1 saturated carbocycles. The van der Waals surface area contributed by atoms with Gasteiger partial charge >= 0.3 is 0 Å². The van der Waals surface area contributed by atoms with Gasteiger partial charge in [-0.05, 0) is 25.3 Å². The Morgan fingerprint density at radius 2 is 1.81 bits per heavy atom. The Bertz CT molecular complexity index is 395. The summed E-state index contributed by atoms with van der Waals surface area (Å²) >= 11 is 0. The van der Waals surface area contributed by atoms with Crippen molar-refractivity contribution < 1.29 is 10.2 Å². The summed E-state index contributed by atoms with van der Waals surface area (Å²) in [5.74, 6) is 0.0181. The van der Waals surface area contributed by atoms with Crippen LogP contribution in [0.2, 0.25) is 0 Å². The number of rotatable bonds is 2. The van der Waals surface area contributed by atoms with E-state index in [0.717, 1.165) is 31.2 Å². The molecule has 0 unspecified atom stereocenters. The first kappa shape index (κ1) is 11.3. The van der Waals surface area contributed by atoms with E-state index in [0.29, 0.717) is 12.1 Å². The number of aromatic hydroxyl groups is 2. The fourth-order valence-electron chi connectivity index (χ4n) is 2.74. The molecule has 4 N–H and O–H groups in total. The van der Waals surface area contributed by atoms with Crippen molar-refractivity contribution in [3.05, 3.63) is 23.3 Å². The molecular formula is C13H19NO2. The van der Waals surface area contributed by atoms with Gasteiger partial charge < -0.3 is 15.9 Å². The molecule has 1 fully saturated rings. The topological polar surface area (TPSA) is 66.5 Å². The Morgan fingerprint density at radius 3 is 2.38 bits per heavy atom. The summed E-state index contributed by atoms with van der Waals surface area (Å²) in [5, 5.41) is 19.8. The van der Waals surface area contributed by atoms with E-state index < -0.39 is 0 Å². The molecular weight excluding hydrogens is 202 g/mol. The van der Waals surface area contributed by atoms with Gasteiger partial charge in [-0.1, -0.05) is 25.0 Å². The minimum absolute atomic E-state index is 0.00257. The van der Waals surface area contributed by atoms with E-state index in [2.05, 4.69) is 0 Å². The molecule has 2 rings (SSSR count). The molecule has 3 heteroatoms. The van der Waals surface area contributed by atoms with Crippen molar-refractivity contribution >= 4 is 0 Å². The van der Waals surface area contributed by atoms with Crippen molar-refractivity contribution in [2.24, 2.45) is 5.73 Å². The van der Waals surface area contributed by atoms with E-state index >= 15 is 0 Å². The average molecular weight is 221 g/mol. The standard InChI is InChI=1S/C13H19NO2/c1-9-4-5-10(12(16)11(9)15)13(8-14)6-2-3-7-13/h4-5,15-16H,2-3,6-8,14H2,1H3. The molecule has 16 heavy (non-hydrogen) atoms. The SMILES string of the molecule is Cc1ccc(C2(CN)CCCC2)c(O)c1O. The fourth-order valence-corrected chi connectivity index (χ4v) is 2.74. The van der Waals surface area contributed by atoms with Crippen LogP contribution in [0.5, 0.6) is 11.5 Å². The summed E-state index contributed by atoms with van der Waals surface area (Å²) in [6.45, 7) is 2.31. The predicted octanol–water partition coefficient (Wildman–Crippen LogP) is 2.18. The first-order valence-corrected chi connectivity index (χ1v) is 5.83. The van der Waals surface area contributed by atoms with E-state index in [9.17, 15) is 10.2 Å². The zero-order valence-corrected chi connectivity index (χ0v) is 9.66. The highest BCUT2D eigenvalue weighted by Gasteiger charge is 2.37. The second-order valence-corrected chi connectivity index (χ2v) is 4.82. The summed E-state index contributed by atoms with van der Waals surface area (Å²) in [6.07, 6.45) is 4.29. The van der Waals surface area contributed by atoms with E-state index in [1.807, 2.05) is 12.1 Å².